The molecule has 2 amide bonds. The van der Waals surface area contributed by atoms with E-state index >= 15 is 0 Å². The Hall–Kier alpha value is -7.78. The molecule has 0 unspecified atom stereocenters. The average molecular weight is 796 g/mol. The van der Waals surface area contributed by atoms with Gasteiger partial charge in [-0.05, 0) is 75.3 Å². The SMILES string of the molecule is CCCCc1nc2ccc(N3C(=O)c4ccccc4C3=O)cc2n1Cc1ccc(-c2ccccc2-c2nnn(C(c3ccccc3)(c3ccccc3)c3ccccc3)n2)cc1. The molecule has 0 N–H and O–H groups in total. The van der Waals surface area contributed by atoms with Crippen LogP contribution in [0, 0.1) is 0 Å². The fraction of sp³-hybridized carbons (Fsp3) is 0.115. The van der Waals surface area contributed by atoms with Gasteiger partial charge in [-0.15, -0.1) is 15.0 Å². The predicted molar refractivity (Wildman–Crippen MR) is 238 cm³/mol. The molecule has 1 aliphatic heterocycles. The fourth-order valence-corrected chi connectivity index (χ4v) is 8.68. The van der Waals surface area contributed by atoms with Crippen LogP contribution in [0.2, 0.25) is 0 Å². The van der Waals surface area contributed by atoms with Crippen molar-refractivity contribution in [3.05, 3.63) is 221 Å². The lowest BCUT2D eigenvalue weighted by molar-refractivity contribution is 0.0926. The van der Waals surface area contributed by atoms with Gasteiger partial charge in [0.25, 0.3) is 11.8 Å². The number of aryl methyl sites for hydroxylation is 1. The van der Waals surface area contributed by atoms with E-state index in [-0.39, 0.29) is 11.8 Å². The highest BCUT2D eigenvalue weighted by atomic mass is 16.2. The third-order valence-corrected chi connectivity index (χ3v) is 11.7. The highest BCUT2D eigenvalue weighted by molar-refractivity contribution is 6.34. The molecule has 0 atom stereocenters. The molecule has 0 saturated heterocycles. The largest absolute Gasteiger partial charge is 0.323 e. The van der Waals surface area contributed by atoms with Crippen LogP contribution >= 0.6 is 0 Å². The molecular formula is C52H41N7O2. The highest BCUT2D eigenvalue weighted by Crippen LogP contribution is 2.41. The Morgan fingerprint density at radius 1 is 0.574 bits per heavy atom. The number of nitrogens with zero attached hydrogens (tertiary/aromatic N) is 7. The Morgan fingerprint density at radius 3 is 1.69 bits per heavy atom. The standard InChI is InChI=1S/C52H41N7O2/c1-2-3-27-48-53-46-33-32-41(58-50(60)44-25-15-16-26-45(44)51(58)61)34-47(46)57(48)35-36-28-30-37(31-29-36)42-23-13-14-24-43(42)49-54-56-59(55-49)52(38-17-7-4-8-18-38,39-19-9-5-10-20-39)40-21-11-6-12-22-40/h4-26,28-34H,2-3,27,35H2,1H3. The molecule has 9 aromatic rings. The topological polar surface area (TPSA) is 98.8 Å². The van der Waals surface area contributed by atoms with Crippen molar-refractivity contribution >= 4 is 28.5 Å². The lowest BCUT2D eigenvalue weighted by Crippen LogP contribution is -2.39. The van der Waals surface area contributed by atoms with E-state index in [2.05, 4.69) is 78.2 Å². The normalized spacial score (nSPS) is 12.6. The summed E-state index contributed by atoms with van der Waals surface area (Å²) < 4.78 is 2.22. The third-order valence-electron chi connectivity index (χ3n) is 11.7. The number of amides is 2. The number of carbonyl (C=O) groups is 2. The molecule has 0 spiro atoms. The second kappa shape index (κ2) is 15.8. The number of imidazole rings is 1. The van der Waals surface area contributed by atoms with Gasteiger partial charge in [0.15, 0.2) is 5.54 Å². The summed E-state index contributed by atoms with van der Waals surface area (Å²) in [6.45, 7) is 2.74. The number of benzene rings is 7. The summed E-state index contributed by atoms with van der Waals surface area (Å²) in [5.41, 5.74) is 9.21. The van der Waals surface area contributed by atoms with Crippen LogP contribution in [0.4, 0.5) is 5.69 Å². The lowest BCUT2D eigenvalue weighted by Gasteiger charge is -2.34. The summed E-state index contributed by atoms with van der Waals surface area (Å²) in [5, 5.41) is 14.7. The van der Waals surface area contributed by atoms with Crippen LogP contribution < -0.4 is 4.90 Å². The number of tetrazole rings is 1. The molecule has 3 heterocycles. The number of aromatic nitrogens is 6. The third kappa shape index (κ3) is 6.51. The molecule has 9 heteroatoms. The van der Waals surface area contributed by atoms with Gasteiger partial charge in [0, 0.05) is 18.5 Å². The quantitative estimate of drug-likeness (QED) is 0.0902. The summed E-state index contributed by atoms with van der Waals surface area (Å²) in [5.74, 6) is 0.867. The van der Waals surface area contributed by atoms with Gasteiger partial charge < -0.3 is 4.57 Å². The van der Waals surface area contributed by atoms with Gasteiger partial charge >= 0.3 is 0 Å². The van der Waals surface area contributed by atoms with Crippen LogP contribution in [0.15, 0.2) is 182 Å². The number of fused-ring (bicyclic) bond motifs is 2. The Labute approximate surface area is 353 Å². The van der Waals surface area contributed by atoms with E-state index in [1.165, 1.54) is 4.90 Å². The molecule has 0 aliphatic carbocycles. The minimum absolute atomic E-state index is 0.311. The smallest absolute Gasteiger partial charge is 0.266 e. The minimum Gasteiger partial charge on any atom is -0.323 e. The monoisotopic (exact) mass is 795 g/mol. The van der Waals surface area contributed by atoms with Crippen molar-refractivity contribution in [2.24, 2.45) is 0 Å². The molecule has 1 aliphatic rings. The minimum atomic E-state index is -0.885. The summed E-state index contributed by atoms with van der Waals surface area (Å²) >= 11 is 0. The number of anilines is 1. The van der Waals surface area contributed by atoms with E-state index in [9.17, 15) is 9.59 Å². The Kier molecular flexibility index (Phi) is 9.69. The first-order valence-corrected chi connectivity index (χ1v) is 20.7. The summed E-state index contributed by atoms with van der Waals surface area (Å²) in [6, 6.07) is 60.4. The zero-order valence-electron chi connectivity index (χ0n) is 33.6. The van der Waals surface area contributed by atoms with Gasteiger partial charge in [-0.2, -0.15) is 0 Å². The van der Waals surface area contributed by atoms with Crippen LogP contribution in [0.25, 0.3) is 33.5 Å². The Bertz CT molecular complexity index is 2900. The van der Waals surface area contributed by atoms with Crippen LogP contribution in [0.1, 0.15) is 68.6 Å². The van der Waals surface area contributed by atoms with E-state index in [1.54, 1.807) is 29.1 Å². The summed E-state index contributed by atoms with van der Waals surface area (Å²) in [6.07, 6.45) is 2.84. The molecule has 2 aromatic heterocycles. The van der Waals surface area contributed by atoms with Gasteiger partial charge in [-0.3, -0.25) is 9.59 Å². The second-order valence-corrected chi connectivity index (χ2v) is 15.3. The van der Waals surface area contributed by atoms with Gasteiger partial charge in [0.05, 0.1) is 27.8 Å². The van der Waals surface area contributed by atoms with E-state index in [0.717, 1.165) is 75.1 Å². The Balaban J connectivity index is 0.998. The number of hydrogen-bond donors (Lipinski definition) is 0. The molecule has 0 radical (unpaired) electrons. The maximum atomic E-state index is 13.4. The number of carbonyl (C=O) groups excluding carboxylic acids is 2. The molecule has 7 aromatic carbocycles. The van der Waals surface area contributed by atoms with Crippen molar-refractivity contribution in [3.63, 3.8) is 0 Å². The number of rotatable bonds is 12. The molecule has 10 rings (SSSR count). The maximum Gasteiger partial charge on any atom is 0.266 e. The lowest BCUT2D eigenvalue weighted by atomic mass is 9.77. The van der Waals surface area contributed by atoms with Crippen LogP contribution in [0.5, 0.6) is 0 Å². The van der Waals surface area contributed by atoms with Gasteiger partial charge in [-0.1, -0.05) is 165 Å². The number of unbranched alkanes of at least 4 members (excludes halogenated alkanes) is 1. The molecule has 9 nitrogen and oxygen atoms in total. The van der Waals surface area contributed by atoms with Crippen LogP contribution in [-0.2, 0) is 18.5 Å². The molecule has 0 bridgehead atoms. The van der Waals surface area contributed by atoms with E-state index in [1.807, 2.05) is 91.0 Å². The maximum absolute atomic E-state index is 13.4. The van der Waals surface area contributed by atoms with Crippen molar-refractivity contribution in [3.8, 4) is 22.5 Å². The van der Waals surface area contributed by atoms with E-state index < -0.39 is 5.54 Å². The van der Waals surface area contributed by atoms with Crippen molar-refractivity contribution < 1.29 is 9.59 Å². The molecule has 296 valence electrons. The van der Waals surface area contributed by atoms with Crippen molar-refractivity contribution in [1.29, 1.82) is 0 Å². The summed E-state index contributed by atoms with van der Waals surface area (Å²) in [7, 11) is 0. The van der Waals surface area contributed by atoms with Crippen molar-refractivity contribution in [1.82, 2.24) is 29.8 Å². The zero-order valence-corrected chi connectivity index (χ0v) is 33.6. The average Bonchev–Trinajstić information content (AvgIpc) is 4.01. The van der Waals surface area contributed by atoms with Gasteiger partial charge in [0.1, 0.15) is 5.82 Å². The zero-order chi connectivity index (χ0) is 41.3. The van der Waals surface area contributed by atoms with Crippen molar-refractivity contribution in [2.75, 3.05) is 4.90 Å². The molecule has 0 saturated carbocycles. The fourth-order valence-electron chi connectivity index (χ4n) is 8.68. The van der Waals surface area contributed by atoms with Crippen molar-refractivity contribution in [2.45, 2.75) is 38.3 Å². The first-order chi connectivity index (χ1) is 30.0. The predicted octanol–water partition coefficient (Wildman–Crippen LogP) is 10.4. The van der Waals surface area contributed by atoms with E-state index in [4.69, 9.17) is 20.4 Å². The highest BCUT2D eigenvalue weighted by Gasteiger charge is 2.41. The Morgan fingerprint density at radius 2 is 1.11 bits per heavy atom. The number of hydrogen-bond acceptors (Lipinski definition) is 6. The van der Waals surface area contributed by atoms with Crippen LogP contribution in [-0.4, -0.2) is 41.6 Å². The van der Waals surface area contributed by atoms with Gasteiger partial charge in [0.2, 0.25) is 5.82 Å². The molecule has 0 fully saturated rings. The van der Waals surface area contributed by atoms with Crippen LogP contribution in [0.3, 0.4) is 0 Å². The summed E-state index contributed by atoms with van der Waals surface area (Å²) in [4.78, 5) is 34.9. The number of imide groups is 1. The molecule has 61 heavy (non-hydrogen) atoms. The van der Waals surface area contributed by atoms with E-state index in [0.29, 0.717) is 29.2 Å². The first-order valence-electron chi connectivity index (χ1n) is 20.7. The molecular weight excluding hydrogens is 755 g/mol. The second-order valence-electron chi connectivity index (χ2n) is 15.3. The first kappa shape index (κ1) is 37.5. The van der Waals surface area contributed by atoms with Gasteiger partial charge in [-0.25, -0.2) is 9.88 Å².